The Morgan fingerprint density at radius 2 is 2.14 bits per heavy atom. The minimum atomic E-state index is -0.372. The van der Waals surface area contributed by atoms with Gasteiger partial charge in [-0.25, -0.2) is 4.39 Å². The predicted octanol–water partition coefficient (Wildman–Crippen LogP) is 3.53. The molecule has 0 aliphatic carbocycles. The van der Waals surface area contributed by atoms with Gasteiger partial charge in [0.15, 0.2) is 0 Å². The van der Waals surface area contributed by atoms with Crippen LogP contribution in [0.25, 0.3) is 5.65 Å². The van der Waals surface area contributed by atoms with Crippen LogP contribution in [0.1, 0.15) is 5.69 Å². The first kappa shape index (κ1) is 14.0. The second-order valence-electron chi connectivity index (χ2n) is 4.54. The van der Waals surface area contributed by atoms with Gasteiger partial charge in [0.05, 0.1) is 5.69 Å². The summed E-state index contributed by atoms with van der Waals surface area (Å²) in [6, 6.07) is 10.1. The lowest BCUT2D eigenvalue weighted by Gasteiger charge is -2.06. The Balaban J connectivity index is 2.04. The van der Waals surface area contributed by atoms with Crippen molar-refractivity contribution in [2.24, 2.45) is 5.73 Å². The molecule has 0 radical (unpaired) electrons. The van der Waals surface area contributed by atoms with E-state index in [2.05, 4.69) is 20.9 Å². The number of rotatable bonds is 4. The number of hydrogen-bond donors (Lipinski definition) is 1. The number of nitrogens with zero attached hydrogens (tertiary/aromatic N) is 2. The average molecular weight is 350 g/mol. The fourth-order valence-corrected chi connectivity index (χ4v) is 2.61. The number of hydrogen-bond acceptors (Lipinski definition) is 3. The Morgan fingerprint density at radius 3 is 2.90 bits per heavy atom. The quantitative estimate of drug-likeness (QED) is 0.783. The van der Waals surface area contributed by atoms with Crippen molar-refractivity contribution in [1.82, 2.24) is 9.38 Å². The van der Waals surface area contributed by atoms with Gasteiger partial charge in [-0.1, -0.05) is 22.0 Å². The van der Waals surface area contributed by atoms with Crippen molar-refractivity contribution in [2.45, 2.75) is 6.42 Å². The van der Waals surface area contributed by atoms with Crippen LogP contribution in [0.2, 0.25) is 0 Å². The lowest BCUT2D eigenvalue weighted by Crippen LogP contribution is -2.06. The van der Waals surface area contributed by atoms with Crippen LogP contribution in [0, 0.1) is 5.82 Å². The number of aromatic nitrogens is 2. The minimum absolute atomic E-state index is 0.372. The molecule has 0 aliphatic heterocycles. The maximum atomic E-state index is 13.4. The second-order valence-corrected chi connectivity index (χ2v) is 5.45. The zero-order chi connectivity index (χ0) is 14.8. The molecule has 2 heterocycles. The van der Waals surface area contributed by atoms with E-state index in [1.165, 1.54) is 12.1 Å². The van der Waals surface area contributed by atoms with E-state index in [0.717, 1.165) is 11.3 Å². The summed E-state index contributed by atoms with van der Waals surface area (Å²) in [6.45, 7) is 0.478. The van der Waals surface area contributed by atoms with Crippen molar-refractivity contribution >= 4 is 21.6 Å². The van der Waals surface area contributed by atoms with Gasteiger partial charge in [0.1, 0.15) is 17.2 Å². The molecule has 108 valence electrons. The van der Waals surface area contributed by atoms with Crippen LogP contribution < -0.4 is 10.5 Å². The minimum Gasteiger partial charge on any atom is -0.437 e. The lowest BCUT2D eigenvalue weighted by atomic mass is 10.3. The van der Waals surface area contributed by atoms with Gasteiger partial charge < -0.3 is 14.9 Å². The van der Waals surface area contributed by atoms with Crippen molar-refractivity contribution in [1.29, 1.82) is 0 Å². The van der Waals surface area contributed by atoms with Crippen molar-refractivity contribution in [3.05, 3.63) is 58.6 Å². The lowest BCUT2D eigenvalue weighted by molar-refractivity contribution is 0.454. The van der Waals surface area contributed by atoms with Crippen molar-refractivity contribution in [3.8, 4) is 11.6 Å². The van der Waals surface area contributed by atoms with Gasteiger partial charge in [-0.3, -0.25) is 0 Å². The smallest absolute Gasteiger partial charge is 0.241 e. The Bertz CT molecular complexity index is 767. The monoisotopic (exact) mass is 349 g/mol. The third-order valence-electron chi connectivity index (χ3n) is 3.02. The number of nitrogens with two attached hydrogens (primary N) is 1. The molecule has 6 heteroatoms. The molecule has 4 nitrogen and oxygen atoms in total. The Hall–Kier alpha value is -1.92. The number of ether oxygens (including phenoxy) is 1. The maximum Gasteiger partial charge on any atom is 0.241 e. The summed E-state index contributed by atoms with van der Waals surface area (Å²) < 4.78 is 21.7. The topological polar surface area (TPSA) is 52.5 Å². The van der Waals surface area contributed by atoms with E-state index >= 15 is 0 Å². The van der Waals surface area contributed by atoms with Crippen LogP contribution in [0.5, 0.6) is 11.6 Å². The first-order valence-corrected chi connectivity index (χ1v) is 7.26. The molecular formula is C15H13BrFN3O. The van der Waals surface area contributed by atoms with Gasteiger partial charge in [0.25, 0.3) is 0 Å². The van der Waals surface area contributed by atoms with E-state index < -0.39 is 0 Å². The van der Waals surface area contributed by atoms with Crippen molar-refractivity contribution < 1.29 is 9.13 Å². The summed E-state index contributed by atoms with van der Waals surface area (Å²) >= 11 is 3.24. The Morgan fingerprint density at radius 1 is 1.29 bits per heavy atom. The molecule has 0 unspecified atom stereocenters. The third kappa shape index (κ3) is 2.91. The van der Waals surface area contributed by atoms with Crippen LogP contribution in [-0.4, -0.2) is 15.9 Å². The molecule has 3 aromatic rings. The molecule has 0 amide bonds. The maximum absolute atomic E-state index is 13.4. The molecule has 0 fully saturated rings. The fraction of sp³-hybridized carbons (Fsp3) is 0.133. The SMILES string of the molecule is NCCc1c(Oc2cc(F)cc(Br)c2)nc2ccccn12. The zero-order valence-electron chi connectivity index (χ0n) is 11.1. The molecule has 0 atom stereocenters. The molecule has 3 rings (SSSR count). The number of halogens is 2. The molecule has 1 aromatic carbocycles. The molecule has 0 bridgehead atoms. The molecule has 21 heavy (non-hydrogen) atoms. The zero-order valence-corrected chi connectivity index (χ0v) is 12.7. The highest BCUT2D eigenvalue weighted by molar-refractivity contribution is 9.10. The van der Waals surface area contributed by atoms with E-state index in [1.807, 2.05) is 28.8 Å². The summed E-state index contributed by atoms with van der Waals surface area (Å²) in [5.41, 5.74) is 7.30. The van der Waals surface area contributed by atoms with E-state index in [0.29, 0.717) is 29.1 Å². The summed E-state index contributed by atoms with van der Waals surface area (Å²) in [5, 5.41) is 0. The van der Waals surface area contributed by atoms with E-state index in [-0.39, 0.29) is 5.82 Å². The molecular weight excluding hydrogens is 337 g/mol. The molecule has 2 N–H and O–H groups in total. The van der Waals surface area contributed by atoms with Gasteiger partial charge in [0.2, 0.25) is 5.88 Å². The summed E-state index contributed by atoms with van der Waals surface area (Å²) in [5.74, 6) is 0.469. The fourth-order valence-electron chi connectivity index (χ4n) is 2.17. The van der Waals surface area contributed by atoms with Gasteiger partial charge in [-0.2, -0.15) is 4.98 Å². The highest BCUT2D eigenvalue weighted by Gasteiger charge is 2.14. The highest BCUT2D eigenvalue weighted by atomic mass is 79.9. The van der Waals surface area contributed by atoms with E-state index in [9.17, 15) is 4.39 Å². The van der Waals surface area contributed by atoms with Crippen LogP contribution in [-0.2, 0) is 6.42 Å². The van der Waals surface area contributed by atoms with E-state index in [4.69, 9.17) is 10.5 Å². The second kappa shape index (κ2) is 5.83. The normalized spacial score (nSPS) is 11.0. The molecule has 0 spiro atoms. The van der Waals surface area contributed by atoms with Crippen LogP contribution >= 0.6 is 15.9 Å². The van der Waals surface area contributed by atoms with Crippen LogP contribution in [0.4, 0.5) is 4.39 Å². The summed E-state index contributed by atoms with van der Waals surface area (Å²) in [4.78, 5) is 4.43. The first-order valence-electron chi connectivity index (χ1n) is 6.47. The third-order valence-corrected chi connectivity index (χ3v) is 3.48. The summed E-state index contributed by atoms with van der Waals surface area (Å²) in [7, 11) is 0. The van der Waals surface area contributed by atoms with Gasteiger partial charge in [-0.15, -0.1) is 0 Å². The standard InChI is InChI=1S/C15H13BrFN3O/c16-10-7-11(17)9-12(8-10)21-15-13(4-5-18)20-6-2-1-3-14(20)19-15/h1-3,6-9H,4-5,18H2. The molecule has 0 saturated carbocycles. The Labute approximate surface area is 129 Å². The number of benzene rings is 1. The van der Waals surface area contributed by atoms with Crippen LogP contribution in [0.3, 0.4) is 0 Å². The number of fused-ring (bicyclic) bond motifs is 1. The average Bonchev–Trinajstić information content (AvgIpc) is 2.76. The molecule has 0 saturated heterocycles. The largest absolute Gasteiger partial charge is 0.437 e. The number of pyridine rings is 1. The summed E-state index contributed by atoms with van der Waals surface area (Å²) in [6.07, 6.45) is 2.53. The molecule has 2 aromatic heterocycles. The van der Waals surface area contributed by atoms with Crippen molar-refractivity contribution in [3.63, 3.8) is 0 Å². The van der Waals surface area contributed by atoms with Crippen molar-refractivity contribution in [2.75, 3.05) is 6.54 Å². The molecule has 0 aliphatic rings. The van der Waals surface area contributed by atoms with Gasteiger partial charge in [-0.05, 0) is 30.8 Å². The van der Waals surface area contributed by atoms with Gasteiger partial charge in [0, 0.05) is 23.2 Å². The number of imidazole rings is 1. The van der Waals surface area contributed by atoms with E-state index in [1.54, 1.807) is 6.07 Å². The predicted molar refractivity (Wildman–Crippen MR) is 82.1 cm³/mol. The van der Waals surface area contributed by atoms with Crippen LogP contribution in [0.15, 0.2) is 47.1 Å². The first-order chi connectivity index (χ1) is 10.2. The highest BCUT2D eigenvalue weighted by Crippen LogP contribution is 2.28. The van der Waals surface area contributed by atoms with Gasteiger partial charge >= 0.3 is 0 Å². The Kier molecular flexibility index (Phi) is 3.90.